The van der Waals surface area contributed by atoms with Gasteiger partial charge in [0.05, 0.1) is 32.6 Å². The summed E-state index contributed by atoms with van der Waals surface area (Å²) in [5.41, 5.74) is 9.74. The van der Waals surface area contributed by atoms with Crippen molar-refractivity contribution in [2.75, 3.05) is 44.0 Å². The van der Waals surface area contributed by atoms with Crippen molar-refractivity contribution in [2.45, 2.75) is 32.0 Å². The highest BCUT2D eigenvalue weighted by atomic mass is 19.1. The topological polar surface area (TPSA) is 147 Å². The minimum atomic E-state index is -0.656. The van der Waals surface area contributed by atoms with Crippen molar-refractivity contribution in [2.24, 2.45) is 0 Å². The third-order valence-electron chi connectivity index (χ3n) is 8.84. The summed E-state index contributed by atoms with van der Waals surface area (Å²) in [5.74, 6) is -1.10. The van der Waals surface area contributed by atoms with Crippen LogP contribution in [0.4, 0.5) is 15.9 Å². The predicted octanol–water partition coefficient (Wildman–Crippen LogP) is 4.45. The van der Waals surface area contributed by atoms with Crippen LogP contribution >= 0.6 is 0 Å². The molecular weight excluding hydrogens is 641 g/mol. The van der Waals surface area contributed by atoms with E-state index in [0.29, 0.717) is 56.5 Å². The average Bonchev–Trinajstić information content (AvgIpc) is 3.84. The number of aromatic nitrogens is 4. The lowest BCUT2D eigenvalue weighted by atomic mass is 10.0. The Labute approximate surface area is 287 Å². The first kappa shape index (κ1) is 32.9. The van der Waals surface area contributed by atoms with Crippen LogP contribution in [0.3, 0.4) is 0 Å². The number of nitrogens with zero attached hydrogens (tertiary/aromatic N) is 5. The number of halogens is 1. The average molecular weight is 678 g/mol. The third-order valence-corrected chi connectivity index (χ3v) is 8.84. The van der Waals surface area contributed by atoms with Gasteiger partial charge in [0.2, 0.25) is 5.43 Å². The molecule has 2 aliphatic heterocycles. The number of ether oxygens (including phenoxy) is 2. The van der Waals surface area contributed by atoms with Crippen LogP contribution in [-0.2, 0) is 22.6 Å². The first-order valence-electron chi connectivity index (χ1n) is 16.5. The number of pyridine rings is 2. The molecule has 5 heterocycles. The highest BCUT2D eigenvalue weighted by Crippen LogP contribution is 2.30. The van der Waals surface area contributed by atoms with E-state index < -0.39 is 17.2 Å². The molecule has 12 nitrogen and oxygen atoms in total. The minimum Gasteiger partial charge on any atom is -0.383 e. The monoisotopic (exact) mass is 677 g/mol. The molecule has 0 saturated carbocycles. The van der Waals surface area contributed by atoms with E-state index in [4.69, 9.17) is 15.2 Å². The van der Waals surface area contributed by atoms with Crippen molar-refractivity contribution in [3.05, 3.63) is 118 Å². The molecule has 13 heteroatoms. The Bertz CT molecular complexity index is 2070. The largest absolute Gasteiger partial charge is 0.383 e. The number of nitrogen functional groups attached to an aromatic ring is 1. The number of anilines is 2. The molecule has 0 aliphatic carbocycles. The molecular formula is C37H36FN7O5. The quantitative estimate of drug-likeness (QED) is 0.233. The molecule has 2 aliphatic rings. The van der Waals surface area contributed by atoms with Gasteiger partial charge < -0.3 is 30.0 Å². The Morgan fingerprint density at radius 3 is 2.42 bits per heavy atom. The molecule has 5 aromatic rings. The zero-order valence-electron chi connectivity index (χ0n) is 27.3. The van der Waals surface area contributed by atoms with Crippen molar-refractivity contribution < 1.29 is 23.5 Å². The van der Waals surface area contributed by atoms with E-state index in [-0.39, 0.29) is 29.6 Å². The molecule has 1 atom stereocenters. The first-order chi connectivity index (χ1) is 24.3. The third kappa shape index (κ3) is 7.33. The summed E-state index contributed by atoms with van der Waals surface area (Å²) in [4.78, 5) is 46.5. The summed E-state index contributed by atoms with van der Waals surface area (Å²) < 4.78 is 28.2. The molecule has 256 valence electrons. The Morgan fingerprint density at radius 2 is 1.68 bits per heavy atom. The molecule has 3 N–H and O–H groups in total. The molecule has 7 rings (SSSR count). The Kier molecular flexibility index (Phi) is 9.49. The lowest BCUT2D eigenvalue weighted by Crippen LogP contribution is -2.35. The number of likely N-dealkylation sites (tertiary alicyclic amines) is 1. The Balaban J connectivity index is 1.10. The lowest BCUT2D eigenvalue weighted by Gasteiger charge is -2.22. The van der Waals surface area contributed by atoms with Gasteiger partial charge in [0, 0.05) is 66.8 Å². The van der Waals surface area contributed by atoms with Crippen LogP contribution < -0.4 is 16.5 Å². The van der Waals surface area contributed by atoms with E-state index in [9.17, 15) is 18.8 Å². The van der Waals surface area contributed by atoms with Gasteiger partial charge in [0.1, 0.15) is 28.9 Å². The van der Waals surface area contributed by atoms with Crippen LogP contribution in [0.5, 0.6) is 0 Å². The summed E-state index contributed by atoms with van der Waals surface area (Å²) >= 11 is 0. The van der Waals surface area contributed by atoms with Crippen molar-refractivity contribution in [3.63, 3.8) is 0 Å². The zero-order valence-corrected chi connectivity index (χ0v) is 27.3. The summed E-state index contributed by atoms with van der Waals surface area (Å²) in [6.45, 7) is 3.61. The normalized spacial score (nSPS) is 16.0. The van der Waals surface area contributed by atoms with E-state index in [0.717, 1.165) is 35.1 Å². The molecule has 0 radical (unpaired) electrons. The lowest BCUT2D eigenvalue weighted by molar-refractivity contribution is -0.0946. The summed E-state index contributed by atoms with van der Waals surface area (Å²) in [6, 6.07) is 14.9. The van der Waals surface area contributed by atoms with Gasteiger partial charge in [-0.2, -0.15) is 5.10 Å². The van der Waals surface area contributed by atoms with Gasteiger partial charge in [-0.25, -0.2) is 9.37 Å². The standard InChI is InChI=1S/C37H36FN7O5/c38-28-7-3-24(4-8-28)18-43-21-32(34(46)33(22-43)37(48)44-11-1-2-12-44)36(47)42-29-9-5-25(6-10-29)31-15-26(16-40-35(31)39)27-17-41-45(19-27)20-30-23-49-13-14-50-30/h3-10,15-17,19,21-22,30H,1-2,11-14,18,20,23H2,(H2,39,40)(H,42,47)/t30-/m0/s1. The Hall–Kier alpha value is -5.66. The second kappa shape index (κ2) is 14.4. The van der Waals surface area contributed by atoms with Crippen LogP contribution in [0.1, 0.15) is 39.1 Å². The zero-order chi connectivity index (χ0) is 34.6. The highest BCUT2D eigenvalue weighted by molar-refractivity contribution is 6.06. The molecule has 2 aromatic carbocycles. The van der Waals surface area contributed by atoms with E-state index in [1.807, 2.05) is 16.9 Å². The number of nitrogens with two attached hydrogens (primary N) is 1. The fraction of sp³-hybridized carbons (Fsp3) is 0.270. The smallest absolute Gasteiger partial charge is 0.261 e. The number of hydrogen-bond acceptors (Lipinski definition) is 8. The number of carbonyl (C=O) groups excluding carboxylic acids is 2. The molecule has 2 fully saturated rings. The molecule has 0 unspecified atom stereocenters. The van der Waals surface area contributed by atoms with Crippen molar-refractivity contribution in [3.8, 4) is 22.3 Å². The van der Waals surface area contributed by atoms with E-state index in [1.54, 1.807) is 58.3 Å². The molecule has 2 saturated heterocycles. The van der Waals surface area contributed by atoms with Crippen LogP contribution in [0.2, 0.25) is 0 Å². The van der Waals surface area contributed by atoms with Crippen LogP contribution in [0.25, 0.3) is 22.3 Å². The Morgan fingerprint density at radius 1 is 0.920 bits per heavy atom. The van der Waals surface area contributed by atoms with Crippen LogP contribution in [-0.4, -0.2) is 75.1 Å². The van der Waals surface area contributed by atoms with Crippen molar-refractivity contribution >= 4 is 23.3 Å². The van der Waals surface area contributed by atoms with Gasteiger partial charge in [-0.3, -0.25) is 19.1 Å². The summed E-state index contributed by atoms with van der Waals surface area (Å²) in [6.07, 6.45) is 9.93. The molecule has 3 aromatic heterocycles. The number of amides is 2. The molecule has 50 heavy (non-hydrogen) atoms. The van der Waals surface area contributed by atoms with Crippen LogP contribution in [0, 0.1) is 5.82 Å². The minimum absolute atomic E-state index is 0.0561. The molecule has 0 spiro atoms. The maximum absolute atomic E-state index is 13.6. The van der Waals surface area contributed by atoms with Crippen LogP contribution in [0.15, 0.2) is 90.4 Å². The first-order valence-corrected chi connectivity index (χ1v) is 16.5. The SMILES string of the molecule is Nc1ncc(-c2cnn(C[C@H]3COCCO3)c2)cc1-c1ccc(NC(=O)c2cn(Cc3ccc(F)cc3)cc(C(=O)N3CCCC3)c2=O)cc1. The second-order valence-corrected chi connectivity index (χ2v) is 12.4. The maximum atomic E-state index is 13.6. The number of rotatable bonds is 9. The predicted molar refractivity (Wildman–Crippen MR) is 185 cm³/mol. The van der Waals surface area contributed by atoms with Gasteiger partial charge in [0.25, 0.3) is 11.8 Å². The number of nitrogens with one attached hydrogen (secondary N) is 1. The second-order valence-electron chi connectivity index (χ2n) is 12.4. The summed E-state index contributed by atoms with van der Waals surface area (Å²) in [5, 5.41) is 7.27. The summed E-state index contributed by atoms with van der Waals surface area (Å²) in [7, 11) is 0. The maximum Gasteiger partial charge on any atom is 0.261 e. The van der Waals surface area contributed by atoms with Gasteiger partial charge in [-0.05, 0) is 54.3 Å². The molecule has 0 bridgehead atoms. The highest BCUT2D eigenvalue weighted by Gasteiger charge is 2.25. The van der Waals surface area contributed by atoms with Gasteiger partial charge in [-0.1, -0.05) is 24.3 Å². The van der Waals surface area contributed by atoms with E-state index >= 15 is 0 Å². The van der Waals surface area contributed by atoms with Gasteiger partial charge >= 0.3 is 0 Å². The van der Waals surface area contributed by atoms with Gasteiger partial charge in [-0.15, -0.1) is 0 Å². The molecule has 2 amide bonds. The van der Waals surface area contributed by atoms with Crippen molar-refractivity contribution in [1.29, 1.82) is 0 Å². The van der Waals surface area contributed by atoms with Crippen molar-refractivity contribution in [1.82, 2.24) is 24.2 Å². The fourth-order valence-corrected chi connectivity index (χ4v) is 6.19. The van der Waals surface area contributed by atoms with Gasteiger partial charge in [0.15, 0.2) is 0 Å². The number of carbonyl (C=O) groups is 2. The fourth-order valence-electron chi connectivity index (χ4n) is 6.19. The van der Waals surface area contributed by atoms with E-state index in [1.165, 1.54) is 24.5 Å². The number of benzene rings is 2. The van der Waals surface area contributed by atoms with E-state index in [2.05, 4.69) is 15.4 Å². The number of hydrogen-bond donors (Lipinski definition) is 2.